The maximum Gasteiger partial charge on any atom is 0.191 e. The number of hydrogen-bond acceptors (Lipinski definition) is 2. The SMILES string of the molecule is N#Cc1ccccc1COc1c(F)cc(CBr)cc1F. The molecular formula is C15H10BrF2NO. The highest BCUT2D eigenvalue weighted by molar-refractivity contribution is 9.08. The number of hydrogen-bond donors (Lipinski definition) is 0. The van der Waals surface area contributed by atoms with Gasteiger partial charge in [-0.3, -0.25) is 0 Å². The zero-order valence-electron chi connectivity index (χ0n) is 10.4. The molecule has 0 aromatic heterocycles. The van der Waals surface area contributed by atoms with E-state index in [0.717, 1.165) is 0 Å². The van der Waals surface area contributed by atoms with Crippen LogP contribution in [0.15, 0.2) is 36.4 Å². The van der Waals surface area contributed by atoms with E-state index in [1.54, 1.807) is 24.3 Å². The Bertz CT molecular complexity index is 644. The van der Waals surface area contributed by atoms with Crippen LogP contribution in [0.1, 0.15) is 16.7 Å². The van der Waals surface area contributed by atoms with Gasteiger partial charge in [-0.1, -0.05) is 34.1 Å². The summed E-state index contributed by atoms with van der Waals surface area (Å²) < 4.78 is 32.6. The number of ether oxygens (including phenoxy) is 1. The Morgan fingerprint density at radius 1 is 1.15 bits per heavy atom. The Balaban J connectivity index is 2.22. The van der Waals surface area contributed by atoms with Crippen LogP contribution in [0.5, 0.6) is 5.75 Å². The van der Waals surface area contributed by atoms with Crippen LogP contribution in [0.2, 0.25) is 0 Å². The van der Waals surface area contributed by atoms with Gasteiger partial charge in [0.2, 0.25) is 0 Å². The average Bonchev–Trinajstić information content (AvgIpc) is 2.46. The van der Waals surface area contributed by atoms with E-state index in [2.05, 4.69) is 15.9 Å². The van der Waals surface area contributed by atoms with E-state index < -0.39 is 17.4 Å². The molecule has 0 saturated heterocycles. The summed E-state index contributed by atoms with van der Waals surface area (Å²) in [5.41, 5.74) is 1.49. The molecule has 0 fully saturated rings. The summed E-state index contributed by atoms with van der Waals surface area (Å²) in [6.07, 6.45) is 0. The van der Waals surface area contributed by atoms with Gasteiger partial charge in [-0.15, -0.1) is 0 Å². The van der Waals surface area contributed by atoms with Crippen LogP contribution in [0.4, 0.5) is 8.78 Å². The summed E-state index contributed by atoms with van der Waals surface area (Å²) >= 11 is 3.13. The summed E-state index contributed by atoms with van der Waals surface area (Å²) in [5, 5.41) is 9.29. The van der Waals surface area contributed by atoms with E-state index in [-0.39, 0.29) is 6.61 Å². The molecule has 2 aromatic carbocycles. The number of benzene rings is 2. The Kier molecular flexibility index (Phi) is 4.70. The van der Waals surface area contributed by atoms with Crippen LogP contribution >= 0.6 is 15.9 Å². The molecule has 5 heteroatoms. The second-order valence-electron chi connectivity index (χ2n) is 4.08. The average molecular weight is 338 g/mol. The first kappa shape index (κ1) is 14.5. The van der Waals surface area contributed by atoms with Crippen LogP contribution < -0.4 is 4.74 Å². The van der Waals surface area contributed by atoms with Gasteiger partial charge >= 0.3 is 0 Å². The van der Waals surface area contributed by atoms with Gasteiger partial charge < -0.3 is 4.74 Å². The van der Waals surface area contributed by atoms with E-state index in [4.69, 9.17) is 10.00 Å². The zero-order chi connectivity index (χ0) is 14.5. The summed E-state index contributed by atoms with van der Waals surface area (Å²) in [7, 11) is 0. The van der Waals surface area contributed by atoms with Gasteiger partial charge in [0.1, 0.15) is 6.61 Å². The van der Waals surface area contributed by atoms with Gasteiger partial charge in [0.25, 0.3) is 0 Å². The molecule has 20 heavy (non-hydrogen) atoms. The molecule has 0 aliphatic rings. The molecule has 0 aliphatic heterocycles. The van der Waals surface area contributed by atoms with Crippen molar-refractivity contribution in [3.8, 4) is 11.8 Å². The molecule has 2 aromatic rings. The van der Waals surface area contributed by atoms with E-state index >= 15 is 0 Å². The molecule has 102 valence electrons. The predicted molar refractivity (Wildman–Crippen MR) is 74.5 cm³/mol. The lowest BCUT2D eigenvalue weighted by Crippen LogP contribution is -2.02. The molecule has 0 aliphatic carbocycles. The van der Waals surface area contributed by atoms with Crippen molar-refractivity contribution < 1.29 is 13.5 Å². The summed E-state index contributed by atoms with van der Waals surface area (Å²) in [6.45, 7) is -0.0643. The van der Waals surface area contributed by atoms with Gasteiger partial charge in [0, 0.05) is 10.9 Å². The molecule has 2 rings (SSSR count). The highest BCUT2D eigenvalue weighted by Gasteiger charge is 2.13. The first-order chi connectivity index (χ1) is 9.65. The molecule has 0 radical (unpaired) electrons. The third kappa shape index (κ3) is 3.14. The largest absolute Gasteiger partial charge is 0.483 e. The van der Waals surface area contributed by atoms with Crippen molar-refractivity contribution in [2.45, 2.75) is 11.9 Å². The van der Waals surface area contributed by atoms with Crippen molar-refractivity contribution in [3.63, 3.8) is 0 Å². The molecule has 2 nitrogen and oxygen atoms in total. The molecular weight excluding hydrogens is 328 g/mol. The summed E-state index contributed by atoms with van der Waals surface area (Å²) in [6, 6.07) is 11.2. The highest BCUT2D eigenvalue weighted by Crippen LogP contribution is 2.25. The lowest BCUT2D eigenvalue weighted by atomic mass is 10.1. The number of rotatable bonds is 4. The summed E-state index contributed by atoms with van der Waals surface area (Å²) in [5.74, 6) is -1.94. The fraction of sp³-hybridized carbons (Fsp3) is 0.133. The van der Waals surface area contributed by atoms with Crippen LogP contribution in [0, 0.1) is 23.0 Å². The van der Waals surface area contributed by atoms with Gasteiger partial charge in [0.05, 0.1) is 11.6 Å². The quantitative estimate of drug-likeness (QED) is 0.779. The monoisotopic (exact) mass is 337 g/mol. The van der Waals surface area contributed by atoms with E-state index in [1.165, 1.54) is 12.1 Å². The third-order valence-corrected chi connectivity index (χ3v) is 3.37. The molecule has 0 heterocycles. The lowest BCUT2D eigenvalue weighted by Gasteiger charge is -2.10. The number of alkyl halides is 1. The topological polar surface area (TPSA) is 33.0 Å². The second kappa shape index (κ2) is 6.49. The number of nitrogens with zero attached hydrogens (tertiary/aromatic N) is 1. The highest BCUT2D eigenvalue weighted by atomic mass is 79.9. The second-order valence-corrected chi connectivity index (χ2v) is 4.64. The van der Waals surface area contributed by atoms with E-state index in [1.807, 2.05) is 6.07 Å². The fourth-order valence-corrected chi connectivity index (χ4v) is 2.06. The van der Waals surface area contributed by atoms with Crippen molar-refractivity contribution >= 4 is 15.9 Å². The van der Waals surface area contributed by atoms with Gasteiger partial charge in [0.15, 0.2) is 17.4 Å². The van der Waals surface area contributed by atoms with Gasteiger partial charge in [-0.25, -0.2) is 8.78 Å². The minimum absolute atomic E-state index is 0.0643. The smallest absolute Gasteiger partial charge is 0.191 e. The molecule has 0 atom stereocenters. The molecule has 0 N–H and O–H groups in total. The standard InChI is InChI=1S/C15H10BrF2NO/c16-7-10-5-13(17)15(14(18)6-10)20-9-12-4-2-1-3-11(12)8-19/h1-6H,7,9H2. The van der Waals surface area contributed by atoms with Gasteiger partial charge in [-0.2, -0.15) is 5.26 Å². The Labute approximate surface area is 123 Å². The maximum absolute atomic E-state index is 13.7. The molecule has 0 unspecified atom stereocenters. The van der Waals surface area contributed by atoms with E-state index in [9.17, 15) is 8.78 Å². The van der Waals surface area contributed by atoms with Crippen molar-refractivity contribution in [3.05, 3.63) is 64.7 Å². The Morgan fingerprint density at radius 3 is 2.40 bits per heavy atom. The predicted octanol–water partition coefficient (Wildman–Crippen LogP) is 4.31. The molecule has 0 bridgehead atoms. The van der Waals surface area contributed by atoms with Crippen molar-refractivity contribution in [2.24, 2.45) is 0 Å². The van der Waals surface area contributed by atoms with Crippen LogP contribution in [-0.4, -0.2) is 0 Å². The maximum atomic E-state index is 13.7. The lowest BCUT2D eigenvalue weighted by molar-refractivity contribution is 0.273. The first-order valence-corrected chi connectivity index (χ1v) is 6.92. The van der Waals surface area contributed by atoms with Crippen molar-refractivity contribution in [1.29, 1.82) is 5.26 Å². The minimum Gasteiger partial charge on any atom is -0.483 e. The van der Waals surface area contributed by atoms with Crippen molar-refractivity contribution in [1.82, 2.24) is 0 Å². The Hall–Kier alpha value is -1.93. The van der Waals surface area contributed by atoms with Crippen LogP contribution in [-0.2, 0) is 11.9 Å². The number of nitriles is 1. The number of halogens is 3. The molecule has 0 spiro atoms. The summed E-state index contributed by atoms with van der Waals surface area (Å²) in [4.78, 5) is 0. The van der Waals surface area contributed by atoms with Gasteiger partial charge in [-0.05, 0) is 23.8 Å². The van der Waals surface area contributed by atoms with Crippen molar-refractivity contribution in [2.75, 3.05) is 0 Å². The normalized spacial score (nSPS) is 10.1. The first-order valence-electron chi connectivity index (χ1n) is 5.80. The van der Waals surface area contributed by atoms with Crippen LogP contribution in [0.25, 0.3) is 0 Å². The molecule has 0 saturated carbocycles. The van der Waals surface area contributed by atoms with Crippen LogP contribution in [0.3, 0.4) is 0 Å². The fourth-order valence-electron chi connectivity index (χ4n) is 1.73. The Morgan fingerprint density at radius 2 is 1.80 bits per heavy atom. The molecule has 0 amide bonds. The zero-order valence-corrected chi connectivity index (χ0v) is 12.0. The third-order valence-electron chi connectivity index (χ3n) is 2.72. The van der Waals surface area contributed by atoms with E-state index in [0.29, 0.717) is 22.0 Å². The minimum atomic E-state index is -0.756.